The molecule has 0 amide bonds. The van der Waals surface area contributed by atoms with Crippen LogP contribution in [0.2, 0.25) is 5.02 Å². The monoisotopic (exact) mass is 266 g/mol. The maximum Gasteiger partial charge on any atom is 0.0406 e. The number of piperidine rings is 1. The molecule has 0 radical (unpaired) electrons. The third-order valence-electron chi connectivity index (χ3n) is 4.35. The molecule has 1 aromatic carbocycles. The van der Waals surface area contributed by atoms with E-state index in [1.165, 1.54) is 18.5 Å². The second-order valence-corrected chi connectivity index (χ2v) is 5.92. The van der Waals surface area contributed by atoms with Crippen LogP contribution < -0.4 is 5.73 Å². The van der Waals surface area contributed by atoms with Gasteiger partial charge in [-0.25, -0.2) is 0 Å². The van der Waals surface area contributed by atoms with Crippen LogP contribution in [0.4, 0.5) is 0 Å². The molecule has 2 rings (SSSR count). The summed E-state index contributed by atoms with van der Waals surface area (Å²) in [5, 5.41) is 0.804. The van der Waals surface area contributed by atoms with Gasteiger partial charge in [0, 0.05) is 17.6 Å². The van der Waals surface area contributed by atoms with Gasteiger partial charge in [0.1, 0.15) is 0 Å². The number of hydrogen-bond donors (Lipinski definition) is 1. The number of nitrogens with two attached hydrogens (primary N) is 1. The quantitative estimate of drug-likeness (QED) is 0.909. The van der Waals surface area contributed by atoms with Gasteiger partial charge in [0.25, 0.3) is 0 Å². The van der Waals surface area contributed by atoms with E-state index in [4.69, 9.17) is 17.3 Å². The maximum atomic E-state index is 5.94. The largest absolute Gasteiger partial charge is 0.330 e. The Morgan fingerprint density at radius 3 is 2.67 bits per heavy atom. The predicted molar refractivity (Wildman–Crippen MR) is 77.8 cm³/mol. The predicted octanol–water partition coefficient (Wildman–Crippen LogP) is 3.32. The number of halogens is 1. The molecule has 1 saturated heterocycles. The van der Waals surface area contributed by atoms with Crippen molar-refractivity contribution < 1.29 is 0 Å². The average molecular weight is 267 g/mol. The average Bonchev–Trinajstić information content (AvgIpc) is 2.39. The summed E-state index contributed by atoms with van der Waals surface area (Å²) in [7, 11) is 0. The molecule has 0 aromatic heterocycles. The molecule has 0 saturated carbocycles. The van der Waals surface area contributed by atoms with E-state index in [1.807, 2.05) is 12.1 Å². The SMILES string of the molecule is CC1CCN(C(C)c2ccc(Cl)cc2)CC1CN. The Kier molecular flexibility index (Phi) is 4.66. The Morgan fingerprint density at radius 2 is 2.06 bits per heavy atom. The van der Waals surface area contributed by atoms with Gasteiger partial charge in [-0.1, -0.05) is 30.7 Å². The van der Waals surface area contributed by atoms with Crippen molar-refractivity contribution in [2.75, 3.05) is 19.6 Å². The number of likely N-dealkylation sites (tertiary alicyclic amines) is 1. The molecule has 18 heavy (non-hydrogen) atoms. The minimum absolute atomic E-state index is 0.448. The molecule has 1 aliphatic rings. The van der Waals surface area contributed by atoms with Gasteiger partial charge < -0.3 is 5.73 Å². The standard InChI is InChI=1S/C15H23ClN2/c1-11-7-8-18(10-14(11)9-17)12(2)13-3-5-15(16)6-4-13/h3-6,11-12,14H,7-10,17H2,1-2H3. The number of nitrogens with zero attached hydrogens (tertiary/aromatic N) is 1. The summed E-state index contributed by atoms with van der Waals surface area (Å²) < 4.78 is 0. The van der Waals surface area contributed by atoms with Crippen LogP contribution in [-0.4, -0.2) is 24.5 Å². The molecule has 2 N–H and O–H groups in total. The van der Waals surface area contributed by atoms with Crippen molar-refractivity contribution in [2.45, 2.75) is 26.3 Å². The smallest absolute Gasteiger partial charge is 0.0406 e. The molecule has 1 fully saturated rings. The lowest BCUT2D eigenvalue weighted by atomic mass is 9.86. The summed E-state index contributed by atoms with van der Waals surface area (Å²) in [6, 6.07) is 8.65. The van der Waals surface area contributed by atoms with Gasteiger partial charge in [-0.3, -0.25) is 4.90 Å². The van der Waals surface area contributed by atoms with Crippen molar-refractivity contribution in [3.8, 4) is 0 Å². The van der Waals surface area contributed by atoms with Crippen molar-refractivity contribution >= 4 is 11.6 Å². The minimum Gasteiger partial charge on any atom is -0.330 e. The summed E-state index contributed by atoms with van der Waals surface area (Å²) in [6.45, 7) is 7.67. The van der Waals surface area contributed by atoms with Crippen LogP contribution in [-0.2, 0) is 0 Å². The molecule has 0 aliphatic carbocycles. The zero-order valence-corrected chi connectivity index (χ0v) is 12.0. The van der Waals surface area contributed by atoms with Crippen molar-refractivity contribution in [1.82, 2.24) is 4.90 Å². The Balaban J connectivity index is 2.05. The maximum absolute atomic E-state index is 5.94. The van der Waals surface area contributed by atoms with E-state index < -0.39 is 0 Å². The first-order valence-corrected chi connectivity index (χ1v) is 7.19. The molecule has 1 aliphatic heterocycles. The topological polar surface area (TPSA) is 29.3 Å². The number of hydrogen-bond acceptors (Lipinski definition) is 2. The summed E-state index contributed by atoms with van der Waals surface area (Å²) in [6.07, 6.45) is 1.25. The second-order valence-electron chi connectivity index (χ2n) is 5.48. The first-order chi connectivity index (χ1) is 8.61. The summed E-state index contributed by atoms with van der Waals surface area (Å²) in [4.78, 5) is 2.54. The van der Waals surface area contributed by atoms with Gasteiger partial charge in [0.15, 0.2) is 0 Å². The summed E-state index contributed by atoms with van der Waals surface area (Å²) in [5.41, 5.74) is 7.21. The molecular weight excluding hydrogens is 244 g/mol. The zero-order chi connectivity index (χ0) is 13.1. The fraction of sp³-hybridized carbons (Fsp3) is 0.600. The van der Waals surface area contributed by atoms with Crippen molar-refractivity contribution in [3.05, 3.63) is 34.9 Å². The number of benzene rings is 1. The van der Waals surface area contributed by atoms with Gasteiger partial charge in [0.05, 0.1) is 0 Å². The van der Waals surface area contributed by atoms with Gasteiger partial charge in [0.2, 0.25) is 0 Å². The Hall–Kier alpha value is -0.570. The Bertz CT molecular complexity index is 377. The third-order valence-corrected chi connectivity index (χ3v) is 4.60. The second kappa shape index (κ2) is 6.05. The molecule has 3 heteroatoms. The van der Waals surface area contributed by atoms with Crippen LogP contribution in [0.3, 0.4) is 0 Å². The van der Waals surface area contributed by atoms with E-state index in [1.54, 1.807) is 0 Å². The van der Waals surface area contributed by atoms with Gasteiger partial charge in [-0.15, -0.1) is 0 Å². The first kappa shape index (κ1) is 13.9. The molecule has 1 aromatic rings. The molecule has 0 bridgehead atoms. The molecule has 1 heterocycles. The van der Waals surface area contributed by atoms with Gasteiger partial charge in [-0.05, 0) is 56.0 Å². The van der Waals surface area contributed by atoms with Crippen LogP contribution in [0.25, 0.3) is 0 Å². The van der Waals surface area contributed by atoms with Crippen LogP contribution >= 0.6 is 11.6 Å². The van der Waals surface area contributed by atoms with Gasteiger partial charge >= 0.3 is 0 Å². The highest BCUT2D eigenvalue weighted by Gasteiger charge is 2.28. The first-order valence-electron chi connectivity index (χ1n) is 6.81. The molecule has 100 valence electrons. The van der Waals surface area contributed by atoms with Crippen LogP contribution in [0.1, 0.15) is 31.9 Å². The lowest BCUT2D eigenvalue weighted by Gasteiger charge is -2.40. The Morgan fingerprint density at radius 1 is 1.39 bits per heavy atom. The van der Waals surface area contributed by atoms with Crippen LogP contribution in [0.15, 0.2) is 24.3 Å². The van der Waals surface area contributed by atoms with E-state index in [9.17, 15) is 0 Å². The van der Waals surface area contributed by atoms with Crippen molar-refractivity contribution in [1.29, 1.82) is 0 Å². The van der Waals surface area contributed by atoms with E-state index >= 15 is 0 Å². The van der Waals surface area contributed by atoms with E-state index in [0.29, 0.717) is 12.0 Å². The zero-order valence-electron chi connectivity index (χ0n) is 11.3. The summed E-state index contributed by atoms with van der Waals surface area (Å²) >= 11 is 5.94. The lowest BCUT2D eigenvalue weighted by Crippen LogP contribution is -2.43. The molecular formula is C15H23ClN2. The normalized spacial score (nSPS) is 27.1. The summed E-state index contributed by atoms with van der Waals surface area (Å²) in [5.74, 6) is 1.39. The lowest BCUT2D eigenvalue weighted by molar-refractivity contribution is 0.0978. The number of rotatable bonds is 3. The highest BCUT2D eigenvalue weighted by atomic mass is 35.5. The Labute approximate surface area is 115 Å². The molecule has 0 spiro atoms. The third kappa shape index (κ3) is 3.05. The van der Waals surface area contributed by atoms with Crippen LogP contribution in [0, 0.1) is 11.8 Å². The van der Waals surface area contributed by atoms with Gasteiger partial charge in [-0.2, -0.15) is 0 Å². The van der Waals surface area contributed by atoms with Crippen LogP contribution in [0.5, 0.6) is 0 Å². The van der Waals surface area contributed by atoms with Crippen molar-refractivity contribution in [2.24, 2.45) is 17.6 Å². The van der Waals surface area contributed by atoms with E-state index in [-0.39, 0.29) is 0 Å². The molecule has 3 unspecified atom stereocenters. The fourth-order valence-electron chi connectivity index (χ4n) is 2.79. The molecule has 2 nitrogen and oxygen atoms in total. The fourth-order valence-corrected chi connectivity index (χ4v) is 2.91. The highest BCUT2D eigenvalue weighted by Crippen LogP contribution is 2.29. The molecule has 3 atom stereocenters. The van der Waals surface area contributed by atoms with E-state index in [2.05, 4.69) is 30.9 Å². The highest BCUT2D eigenvalue weighted by molar-refractivity contribution is 6.30. The van der Waals surface area contributed by atoms with E-state index in [0.717, 1.165) is 24.0 Å². The van der Waals surface area contributed by atoms with Crippen molar-refractivity contribution in [3.63, 3.8) is 0 Å². The minimum atomic E-state index is 0.448.